The van der Waals surface area contributed by atoms with E-state index in [-0.39, 0.29) is 12.4 Å². The lowest BCUT2D eigenvalue weighted by Crippen LogP contribution is -2.12. The number of rotatable bonds is 5. The maximum absolute atomic E-state index is 10.9. The molecular formula is C11H13N3O3S. The number of ether oxygens (including phenoxy) is 1. The summed E-state index contributed by atoms with van der Waals surface area (Å²) in [5.74, 6) is 0.639. The molecule has 7 heteroatoms. The molecule has 1 aromatic carbocycles. The molecule has 0 fully saturated rings. The lowest BCUT2D eigenvalue weighted by Gasteiger charge is -2.06. The molecule has 0 unspecified atom stereocenters. The highest BCUT2D eigenvalue weighted by atomic mass is 32.2. The van der Waals surface area contributed by atoms with Crippen LogP contribution in [0.25, 0.3) is 5.69 Å². The van der Waals surface area contributed by atoms with Gasteiger partial charge in [0.15, 0.2) is 9.84 Å². The van der Waals surface area contributed by atoms with E-state index in [4.69, 9.17) is 4.74 Å². The quantitative estimate of drug-likeness (QED) is 0.797. The van der Waals surface area contributed by atoms with E-state index in [1.165, 1.54) is 6.26 Å². The smallest absolute Gasteiger partial charge is 0.150 e. The number of hydrogen-bond acceptors (Lipinski definition) is 5. The molecule has 0 saturated heterocycles. The first-order valence-electron chi connectivity index (χ1n) is 5.32. The summed E-state index contributed by atoms with van der Waals surface area (Å²) in [5, 5.41) is 7.57. The summed E-state index contributed by atoms with van der Waals surface area (Å²) >= 11 is 0. The lowest BCUT2D eigenvalue weighted by atomic mass is 10.3. The maximum Gasteiger partial charge on any atom is 0.150 e. The van der Waals surface area contributed by atoms with Crippen molar-refractivity contribution in [2.45, 2.75) is 0 Å². The van der Waals surface area contributed by atoms with Gasteiger partial charge in [-0.2, -0.15) is 0 Å². The molecule has 0 bridgehead atoms. The topological polar surface area (TPSA) is 74.1 Å². The minimum atomic E-state index is -2.99. The molecule has 1 heterocycles. The summed E-state index contributed by atoms with van der Waals surface area (Å²) in [6, 6.07) is 7.17. The van der Waals surface area contributed by atoms with Crippen LogP contribution in [0.2, 0.25) is 0 Å². The van der Waals surface area contributed by atoms with E-state index in [9.17, 15) is 8.42 Å². The second-order valence-corrected chi connectivity index (χ2v) is 6.08. The van der Waals surface area contributed by atoms with Crippen molar-refractivity contribution < 1.29 is 13.2 Å². The molecular weight excluding hydrogens is 254 g/mol. The monoisotopic (exact) mass is 267 g/mol. The third-order valence-corrected chi connectivity index (χ3v) is 3.15. The average molecular weight is 267 g/mol. The second-order valence-electron chi connectivity index (χ2n) is 3.82. The van der Waals surface area contributed by atoms with Crippen LogP contribution in [0.3, 0.4) is 0 Å². The van der Waals surface area contributed by atoms with Gasteiger partial charge in [0.25, 0.3) is 0 Å². The van der Waals surface area contributed by atoms with Crippen LogP contribution in [-0.2, 0) is 9.84 Å². The minimum absolute atomic E-state index is 0.0117. The standard InChI is InChI=1S/C11H13N3O3S/c1-18(15,16)9-8-17-11-4-2-10(3-5-11)14-7-6-12-13-14/h2-7H,8-9H2,1H3. The van der Waals surface area contributed by atoms with Crippen LogP contribution < -0.4 is 4.74 Å². The van der Waals surface area contributed by atoms with E-state index < -0.39 is 9.84 Å². The van der Waals surface area contributed by atoms with Crippen molar-refractivity contribution in [1.82, 2.24) is 15.0 Å². The van der Waals surface area contributed by atoms with Crippen LogP contribution in [-0.4, -0.2) is 42.0 Å². The lowest BCUT2D eigenvalue weighted by molar-refractivity contribution is 0.341. The van der Waals surface area contributed by atoms with Gasteiger partial charge in [0.05, 0.1) is 23.8 Å². The predicted molar refractivity (Wildman–Crippen MR) is 66.6 cm³/mol. The Kier molecular flexibility index (Phi) is 3.61. The van der Waals surface area contributed by atoms with E-state index in [1.807, 2.05) is 12.1 Å². The number of aromatic nitrogens is 3. The number of sulfone groups is 1. The van der Waals surface area contributed by atoms with Gasteiger partial charge in [0.1, 0.15) is 12.4 Å². The zero-order valence-corrected chi connectivity index (χ0v) is 10.7. The average Bonchev–Trinajstić information content (AvgIpc) is 2.82. The molecule has 0 aliphatic heterocycles. The van der Waals surface area contributed by atoms with E-state index in [0.717, 1.165) is 5.69 Å². The zero-order valence-electron chi connectivity index (χ0n) is 9.85. The van der Waals surface area contributed by atoms with Crippen LogP contribution >= 0.6 is 0 Å². The van der Waals surface area contributed by atoms with Crippen molar-refractivity contribution in [3.63, 3.8) is 0 Å². The highest BCUT2D eigenvalue weighted by molar-refractivity contribution is 7.90. The van der Waals surface area contributed by atoms with Crippen molar-refractivity contribution in [2.24, 2.45) is 0 Å². The summed E-state index contributed by atoms with van der Waals surface area (Å²) in [6.07, 6.45) is 4.51. The van der Waals surface area contributed by atoms with Gasteiger partial charge in [0.2, 0.25) is 0 Å². The summed E-state index contributed by atoms with van der Waals surface area (Å²) < 4.78 is 28.8. The van der Waals surface area contributed by atoms with Crippen LogP contribution in [0, 0.1) is 0 Å². The van der Waals surface area contributed by atoms with Gasteiger partial charge in [-0.25, -0.2) is 13.1 Å². The van der Waals surface area contributed by atoms with Crippen molar-refractivity contribution in [3.8, 4) is 11.4 Å². The highest BCUT2D eigenvalue weighted by Crippen LogP contribution is 2.14. The fraction of sp³-hybridized carbons (Fsp3) is 0.273. The van der Waals surface area contributed by atoms with Gasteiger partial charge in [-0.05, 0) is 24.3 Å². The molecule has 0 saturated carbocycles. The van der Waals surface area contributed by atoms with Gasteiger partial charge in [-0.3, -0.25) is 0 Å². The molecule has 18 heavy (non-hydrogen) atoms. The van der Waals surface area contributed by atoms with Gasteiger partial charge in [-0.15, -0.1) is 5.10 Å². The molecule has 0 N–H and O–H groups in total. The molecule has 0 amide bonds. The molecule has 0 atom stereocenters. The van der Waals surface area contributed by atoms with E-state index in [2.05, 4.69) is 10.3 Å². The Balaban J connectivity index is 1.96. The van der Waals surface area contributed by atoms with E-state index >= 15 is 0 Å². The maximum atomic E-state index is 10.9. The van der Waals surface area contributed by atoms with Crippen LogP contribution in [0.5, 0.6) is 5.75 Å². The van der Waals surface area contributed by atoms with Crippen LogP contribution in [0.1, 0.15) is 0 Å². The van der Waals surface area contributed by atoms with Gasteiger partial charge in [0, 0.05) is 6.26 Å². The summed E-state index contributed by atoms with van der Waals surface area (Å²) in [7, 11) is -2.99. The molecule has 96 valence electrons. The molecule has 0 aliphatic rings. The van der Waals surface area contributed by atoms with Crippen molar-refractivity contribution >= 4 is 9.84 Å². The minimum Gasteiger partial charge on any atom is -0.493 e. The summed E-state index contributed by atoms with van der Waals surface area (Å²) in [4.78, 5) is 0. The van der Waals surface area contributed by atoms with Gasteiger partial charge >= 0.3 is 0 Å². The zero-order chi connectivity index (χ0) is 13.0. The van der Waals surface area contributed by atoms with Crippen molar-refractivity contribution in [1.29, 1.82) is 0 Å². The molecule has 2 aromatic rings. The first-order chi connectivity index (χ1) is 8.54. The molecule has 6 nitrogen and oxygen atoms in total. The Hall–Kier alpha value is -1.89. The number of hydrogen-bond donors (Lipinski definition) is 0. The SMILES string of the molecule is CS(=O)(=O)CCOc1ccc(-n2ccnn2)cc1. The van der Waals surface area contributed by atoms with Crippen molar-refractivity contribution in [3.05, 3.63) is 36.7 Å². The van der Waals surface area contributed by atoms with Crippen LogP contribution in [0.15, 0.2) is 36.7 Å². The number of nitrogens with zero attached hydrogens (tertiary/aromatic N) is 3. The molecule has 0 spiro atoms. The largest absolute Gasteiger partial charge is 0.493 e. The fourth-order valence-corrected chi connectivity index (χ4v) is 1.74. The van der Waals surface area contributed by atoms with E-state index in [0.29, 0.717) is 5.75 Å². The molecule has 0 radical (unpaired) electrons. The third kappa shape index (κ3) is 3.56. The predicted octanol–water partition coefficient (Wildman–Crippen LogP) is 0.691. The molecule has 0 aliphatic carbocycles. The Morgan fingerprint density at radius 1 is 1.28 bits per heavy atom. The fourth-order valence-electron chi connectivity index (χ4n) is 1.35. The Labute approximate surface area is 105 Å². The van der Waals surface area contributed by atoms with Gasteiger partial charge in [-0.1, -0.05) is 5.21 Å². The van der Waals surface area contributed by atoms with Crippen LogP contribution in [0.4, 0.5) is 0 Å². The second kappa shape index (κ2) is 5.18. The first kappa shape index (κ1) is 12.6. The Morgan fingerprint density at radius 2 is 2.00 bits per heavy atom. The molecule has 2 rings (SSSR count). The summed E-state index contributed by atoms with van der Waals surface area (Å²) in [5.41, 5.74) is 0.864. The Morgan fingerprint density at radius 3 is 2.56 bits per heavy atom. The molecule has 1 aromatic heterocycles. The summed E-state index contributed by atoms with van der Waals surface area (Å²) in [6.45, 7) is 0.154. The van der Waals surface area contributed by atoms with E-state index in [1.54, 1.807) is 29.2 Å². The first-order valence-corrected chi connectivity index (χ1v) is 7.38. The van der Waals surface area contributed by atoms with Crippen molar-refractivity contribution in [2.75, 3.05) is 18.6 Å². The van der Waals surface area contributed by atoms with Gasteiger partial charge < -0.3 is 4.74 Å². The Bertz CT molecular complexity index is 591. The number of benzene rings is 1. The normalized spacial score (nSPS) is 11.4. The third-order valence-electron chi connectivity index (χ3n) is 2.25. The highest BCUT2D eigenvalue weighted by Gasteiger charge is 2.03.